The van der Waals surface area contributed by atoms with Crippen molar-refractivity contribution < 1.29 is 14.3 Å². The number of hydrogen-bond acceptors (Lipinski definition) is 3. The van der Waals surface area contributed by atoms with E-state index in [1.165, 1.54) is 0 Å². The Kier molecular flexibility index (Phi) is 5.78. The van der Waals surface area contributed by atoms with E-state index in [9.17, 15) is 4.79 Å². The Bertz CT molecular complexity index is 415. The molecule has 0 bridgehead atoms. The van der Waals surface area contributed by atoms with Crippen molar-refractivity contribution in [1.29, 1.82) is 0 Å². The first-order valence-corrected chi connectivity index (χ1v) is 9.23. The van der Waals surface area contributed by atoms with E-state index >= 15 is 0 Å². The fourth-order valence-corrected chi connectivity index (χ4v) is 4.54. The van der Waals surface area contributed by atoms with Crippen molar-refractivity contribution in [3.63, 3.8) is 0 Å². The summed E-state index contributed by atoms with van der Waals surface area (Å²) in [5, 5.41) is 3.27. The van der Waals surface area contributed by atoms with Crippen molar-refractivity contribution in [2.45, 2.75) is 96.8 Å². The quantitative estimate of drug-likeness (QED) is 0.836. The molecule has 2 heterocycles. The van der Waals surface area contributed by atoms with Crippen molar-refractivity contribution in [3.8, 4) is 0 Å². The van der Waals surface area contributed by atoms with Crippen LogP contribution >= 0.6 is 0 Å². The number of rotatable bonds is 5. The first-order valence-electron chi connectivity index (χ1n) is 9.23. The van der Waals surface area contributed by atoms with Gasteiger partial charge in [-0.2, -0.15) is 0 Å². The molecule has 0 aromatic heterocycles. The van der Waals surface area contributed by atoms with Crippen LogP contribution in [0.5, 0.6) is 0 Å². The number of carbonyl (C=O) groups is 1. The van der Waals surface area contributed by atoms with Crippen LogP contribution in [0.15, 0.2) is 0 Å². The molecule has 0 aromatic carbocycles. The molecule has 2 aliphatic heterocycles. The van der Waals surface area contributed by atoms with Crippen LogP contribution in [0.25, 0.3) is 0 Å². The van der Waals surface area contributed by atoms with Gasteiger partial charge in [-0.1, -0.05) is 13.3 Å². The van der Waals surface area contributed by atoms with Gasteiger partial charge in [0.25, 0.3) is 0 Å². The summed E-state index contributed by atoms with van der Waals surface area (Å²) in [5.41, 5.74) is -0.145. The lowest BCUT2D eigenvalue weighted by Crippen LogP contribution is -2.48. The van der Waals surface area contributed by atoms with Crippen LogP contribution in [0.3, 0.4) is 0 Å². The van der Waals surface area contributed by atoms with Crippen molar-refractivity contribution in [2.75, 3.05) is 13.2 Å². The fourth-order valence-electron chi connectivity index (χ4n) is 4.54. The molecule has 0 aliphatic carbocycles. The van der Waals surface area contributed by atoms with Gasteiger partial charge in [0.05, 0.1) is 11.2 Å². The van der Waals surface area contributed by atoms with E-state index < -0.39 is 0 Å². The van der Waals surface area contributed by atoms with Crippen LogP contribution in [0, 0.1) is 5.41 Å². The van der Waals surface area contributed by atoms with E-state index in [0.717, 1.165) is 51.7 Å². The van der Waals surface area contributed by atoms with Crippen LogP contribution in [0.4, 0.5) is 0 Å². The fraction of sp³-hybridized carbons (Fsp3) is 0.947. The third kappa shape index (κ3) is 5.46. The highest BCUT2D eigenvalue weighted by Crippen LogP contribution is 2.45. The first kappa shape index (κ1) is 18.7. The first-order chi connectivity index (χ1) is 10.7. The third-order valence-electron chi connectivity index (χ3n) is 5.30. The van der Waals surface area contributed by atoms with E-state index in [2.05, 4.69) is 39.9 Å². The number of nitrogens with one attached hydrogen (secondary N) is 1. The highest BCUT2D eigenvalue weighted by atomic mass is 16.5. The maximum Gasteiger partial charge on any atom is 0.220 e. The molecule has 2 fully saturated rings. The minimum atomic E-state index is -0.127. The van der Waals surface area contributed by atoms with Crippen LogP contribution in [-0.2, 0) is 14.3 Å². The molecule has 0 saturated carbocycles. The van der Waals surface area contributed by atoms with Gasteiger partial charge in [0.1, 0.15) is 0 Å². The molecule has 1 N–H and O–H groups in total. The molecule has 2 atom stereocenters. The summed E-state index contributed by atoms with van der Waals surface area (Å²) in [7, 11) is 0. The van der Waals surface area contributed by atoms with Crippen molar-refractivity contribution in [1.82, 2.24) is 5.32 Å². The van der Waals surface area contributed by atoms with E-state index in [-0.39, 0.29) is 28.6 Å². The van der Waals surface area contributed by atoms with E-state index in [4.69, 9.17) is 9.47 Å². The van der Waals surface area contributed by atoms with Gasteiger partial charge in [-0.15, -0.1) is 0 Å². The predicted octanol–water partition coefficient (Wildman–Crippen LogP) is 3.83. The molecule has 0 unspecified atom stereocenters. The lowest BCUT2D eigenvalue weighted by Gasteiger charge is -2.45. The molecule has 4 heteroatoms. The van der Waals surface area contributed by atoms with E-state index in [0.29, 0.717) is 6.42 Å². The number of ether oxygens (including phenoxy) is 2. The predicted molar refractivity (Wildman–Crippen MR) is 92.4 cm³/mol. The summed E-state index contributed by atoms with van der Waals surface area (Å²) >= 11 is 0. The zero-order chi connectivity index (χ0) is 17.1. The van der Waals surface area contributed by atoms with Gasteiger partial charge >= 0.3 is 0 Å². The van der Waals surface area contributed by atoms with Crippen molar-refractivity contribution >= 4 is 5.91 Å². The highest BCUT2D eigenvalue weighted by molar-refractivity contribution is 5.77. The molecule has 4 nitrogen and oxygen atoms in total. The van der Waals surface area contributed by atoms with Gasteiger partial charge in [-0.05, 0) is 65.2 Å². The Balaban J connectivity index is 1.95. The second-order valence-corrected chi connectivity index (χ2v) is 8.83. The Morgan fingerprint density at radius 3 is 2.43 bits per heavy atom. The molecule has 2 aliphatic rings. The molecule has 2 saturated heterocycles. The molecule has 0 radical (unpaired) electrons. The zero-order valence-corrected chi connectivity index (χ0v) is 15.7. The van der Waals surface area contributed by atoms with Crippen molar-refractivity contribution in [2.24, 2.45) is 5.41 Å². The second-order valence-electron chi connectivity index (χ2n) is 8.83. The standard InChI is InChI=1S/C19H35NO3/c1-6-8-19(9-11-23-18(4,5)14-19)13-16(21)20-15-7-10-22-17(2,3)12-15/h15H,6-14H2,1-5H3,(H,20,21)/t15-,19-/m0/s1. The summed E-state index contributed by atoms with van der Waals surface area (Å²) in [6, 6.07) is 0.248. The summed E-state index contributed by atoms with van der Waals surface area (Å²) in [6.45, 7) is 12.2. The monoisotopic (exact) mass is 325 g/mol. The molecule has 0 aromatic rings. The molecular formula is C19H35NO3. The Labute approximate surface area is 141 Å². The molecule has 2 rings (SSSR count). The van der Waals surface area contributed by atoms with Crippen LogP contribution in [0.2, 0.25) is 0 Å². The van der Waals surface area contributed by atoms with E-state index in [1.807, 2.05) is 0 Å². The maximum atomic E-state index is 12.7. The van der Waals surface area contributed by atoms with Crippen LogP contribution < -0.4 is 5.32 Å². The number of carbonyl (C=O) groups excluding carboxylic acids is 1. The minimum Gasteiger partial charge on any atom is -0.376 e. The van der Waals surface area contributed by atoms with Crippen molar-refractivity contribution in [3.05, 3.63) is 0 Å². The highest BCUT2D eigenvalue weighted by Gasteiger charge is 2.42. The van der Waals surface area contributed by atoms with Gasteiger partial charge < -0.3 is 14.8 Å². The van der Waals surface area contributed by atoms with Crippen LogP contribution in [-0.4, -0.2) is 36.4 Å². The van der Waals surface area contributed by atoms with Gasteiger partial charge in [0.2, 0.25) is 5.91 Å². The topological polar surface area (TPSA) is 47.6 Å². The van der Waals surface area contributed by atoms with Gasteiger partial charge in [0, 0.05) is 25.7 Å². The Morgan fingerprint density at radius 2 is 1.83 bits per heavy atom. The lowest BCUT2D eigenvalue weighted by molar-refractivity contribution is -0.136. The molecule has 0 spiro atoms. The average molecular weight is 325 g/mol. The van der Waals surface area contributed by atoms with Gasteiger partial charge in [-0.25, -0.2) is 0 Å². The summed E-state index contributed by atoms with van der Waals surface area (Å²) in [5.74, 6) is 0.207. The SMILES string of the molecule is CCC[C@@]1(CC(=O)N[C@H]2CCOC(C)(C)C2)CCOC(C)(C)C1. The molecule has 134 valence electrons. The second kappa shape index (κ2) is 7.10. The summed E-state index contributed by atoms with van der Waals surface area (Å²) in [4.78, 5) is 12.7. The van der Waals surface area contributed by atoms with Gasteiger partial charge in [-0.3, -0.25) is 4.79 Å². The summed E-state index contributed by atoms with van der Waals surface area (Å²) < 4.78 is 11.6. The number of amides is 1. The Morgan fingerprint density at radius 1 is 1.13 bits per heavy atom. The van der Waals surface area contributed by atoms with Gasteiger partial charge in [0.15, 0.2) is 0 Å². The average Bonchev–Trinajstić information content (AvgIpc) is 2.35. The molecule has 23 heavy (non-hydrogen) atoms. The maximum absolute atomic E-state index is 12.7. The van der Waals surface area contributed by atoms with E-state index in [1.54, 1.807) is 0 Å². The van der Waals surface area contributed by atoms with Crippen LogP contribution in [0.1, 0.15) is 79.6 Å². The smallest absolute Gasteiger partial charge is 0.220 e. The summed E-state index contributed by atoms with van der Waals surface area (Å²) in [6.07, 6.45) is 6.64. The lowest BCUT2D eigenvalue weighted by atomic mass is 9.69. The normalized spacial score (nSPS) is 33.2. The minimum absolute atomic E-state index is 0.0985. The Hall–Kier alpha value is -0.610. The molecular weight excluding hydrogens is 290 g/mol. The molecule has 1 amide bonds. The number of hydrogen-bond donors (Lipinski definition) is 1. The largest absolute Gasteiger partial charge is 0.376 e. The zero-order valence-electron chi connectivity index (χ0n) is 15.7. The third-order valence-corrected chi connectivity index (χ3v) is 5.30.